The molecule has 128 valence electrons. The van der Waals surface area contributed by atoms with E-state index in [1.807, 2.05) is 12.1 Å². The van der Waals surface area contributed by atoms with Crippen LogP contribution in [0.15, 0.2) is 18.2 Å². The molecule has 1 aromatic rings. The van der Waals surface area contributed by atoms with Crippen LogP contribution in [0.25, 0.3) is 0 Å². The van der Waals surface area contributed by atoms with Crippen molar-refractivity contribution >= 4 is 18.3 Å². The number of benzene rings is 1. The van der Waals surface area contributed by atoms with Crippen LogP contribution in [-0.2, 0) is 14.9 Å². The van der Waals surface area contributed by atoms with Gasteiger partial charge in [0.15, 0.2) is 11.5 Å². The van der Waals surface area contributed by atoms with Crippen molar-refractivity contribution in [3.8, 4) is 11.5 Å². The van der Waals surface area contributed by atoms with Crippen molar-refractivity contribution in [2.24, 2.45) is 5.73 Å². The Kier molecular flexibility index (Phi) is 5.73. The van der Waals surface area contributed by atoms with E-state index in [4.69, 9.17) is 19.9 Å². The normalized spacial score (nSPS) is 19.6. The molecule has 0 spiro atoms. The average molecular weight is 343 g/mol. The van der Waals surface area contributed by atoms with E-state index in [-0.39, 0.29) is 30.5 Å². The summed E-state index contributed by atoms with van der Waals surface area (Å²) in [5.41, 5.74) is 6.63. The van der Waals surface area contributed by atoms with Gasteiger partial charge in [0.1, 0.15) is 0 Å². The zero-order valence-corrected chi connectivity index (χ0v) is 14.0. The third-order valence-corrected chi connectivity index (χ3v) is 4.45. The number of carbonyl (C=O) groups is 1. The second-order valence-electron chi connectivity index (χ2n) is 5.97. The molecule has 3 rings (SSSR count). The minimum Gasteiger partial charge on any atom is -0.454 e. The standard InChI is InChI=1S/C16H22N2O4.ClH/c1-11(17)15(19)18-9-16(4-6-20-7-5-16)12-2-3-13-14(8-12)22-10-21-13;/h2-3,8,11H,4-7,9-10,17H2,1H3,(H,18,19);1H/t11-;/m0./s1. The summed E-state index contributed by atoms with van der Waals surface area (Å²) in [5, 5.41) is 2.97. The number of halogens is 1. The number of ether oxygens (including phenoxy) is 3. The van der Waals surface area contributed by atoms with Gasteiger partial charge in [-0.05, 0) is 37.5 Å². The number of rotatable bonds is 4. The summed E-state index contributed by atoms with van der Waals surface area (Å²) in [6.45, 7) is 3.87. The molecular formula is C16H23ClN2O4. The smallest absolute Gasteiger partial charge is 0.236 e. The lowest BCUT2D eigenvalue weighted by atomic mass is 9.74. The van der Waals surface area contributed by atoms with Gasteiger partial charge in [-0.25, -0.2) is 0 Å². The fraction of sp³-hybridized carbons (Fsp3) is 0.562. The van der Waals surface area contributed by atoms with Crippen LogP contribution >= 0.6 is 12.4 Å². The maximum Gasteiger partial charge on any atom is 0.236 e. The van der Waals surface area contributed by atoms with Gasteiger partial charge in [-0.3, -0.25) is 4.79 Å². The molecule has 2 aliphatic rings. The minimum absolute atomic E-state index is 0. The maximum absolute atomic E-state index is 11.8. The largest absolute Gasteiger partial charge is 0.454 e. The van der Waals surface area contributed by atoms with Gasteiger partial charge < -0.3 is 25.3 Å². The van der Waals surface area contributed by atoms with Gasteiger partial charge in [0.05, 0.1) is 6.04 Å². The zero-order chi connectivity index (χ0) is 15.6. The third kappa shape index (κ3) is 3.71. The van der Waals surface area contributed by atoms with Crippen LogP contribution in [0.5, 0.6) is 11.5 Å². The fourth-order valence-corrected chi connectivity index (χ4v) is 2.97. The van der Waals surface area contributed by atoms with E-state index < -0.39 is 6.04 Å². The predicted molar refractivity (Wildman–Crippen MR) is 88.2 cm³/mol. The summed E-state index contributed by atoms with van der Waals surface area (Å²) in [6.07, 6.45) is 1.71. The molecule has 23 heavy (non-hydrogen) atoms. The lowest BCUT2D eigenvalue weighted by molar-refractivity contribution is -0.122. The topological polar surface area (TPSA) is 82.8 Å². The van der Waals surface area contributed by atoms with Crippen LogP contribution in [-0.4, -0.2) is 38.5 Å². The molecule has 1 fully saturated rings. The summed E-state index contributed by atoms with van der Waals surface area (Å²) in [4.78, 5) is 11.8. The molecule has 1 atom stereocenters. The molecule has 1 saturated heterocycles. The second-order valence-corrected chi connectivity index (χ2v) is 5.97. The van der Waals surface area contributed by atoms with E-state index in [1.165, 1.54) is 0 Å². The van der Waals surface area contributed by atoms with E-state index in [1.54, 1.807) is 6.92 Å². The monoisotopic (exact) mass is 342 g/mol. The van der Waals surface area contributed by atoms with Crippen molar-refractivity contribution in [3.63, 3.8) is 0 Å². The molecule has 0 aromatic heterocycles. The van der Waals surface area contributed by atoms with Crippen LogP contribution in [0.4, 0.5) is 0 Å². The Labute approximate surface area is 142 Å². The van der Waals surface area contributed by atoms with Crippen molar-refractivity contribution < 1.29 is 19.0 Å². The Morgan fingerprint density at radius 1 is 1.30 bits per heavy atom. The molecule has 0 saturated carbocycles. The van der Waals surface area contributed by atoms with Crippen molar-refractivity contribution in [3.05, 3.63) is 23.8 Å². The van der Waals surface area contributed by atoms with Crippen molar-refractivity contribution in [2.45, 2.75) is 31.2 Å². The molecule has 2 heterocycles. The van der Waals surface area contributed by atoms with Gasteiger partial charge in [-0.2, -0.15) is 0 Å². The SMILES string of the molecule is C[C@H](N)C(=O)NCC1(c2ccc3c(c2)OCO3)CCOCC1.Cl. The first-order valence-corrected chi connectivity index (χ1v) is 7.62. The number of carbonyl (C=O) groups excluding carboxylic acids is 1. The Hall–Kier alpha value is -1.50. The molecule has 2 aliphatic heterocycles. The first kappa shape index (κ1) is 17.8. The average Bonchev–Trinajstić information content (AvgIpc) is 3.01. The van der Waals surface area contributed by atoms with Gasteiger partial charge in [-0.15, -0.1) is 12.4 Å². The van der Waals surface area contributed by atoms with Crippen LogP contribution in [0.3, 0.4) is 0 Å². The molecular weight excluding hydrogens is 320 g/mol. The van der Waals surface area contributed by atoms with Crippen LogP contribution in [0.2, 0.25) is 0 Å². The summed E-state index contributed by atoms with van der Waals surface area (Å²) >= 11 is 0. The van der Waals surface area contributed by atoms with Crippen LogP contribution < -0.4 is 20.5 Å². The predicted octanol–water partition coefficient (Wildman–Crippen LogP) is 1.35. The van der Waals surface area contributed by atoms with Gasteiger partial charge in [0.25, 0.3) is 0 Å². The first-order valence-electron chi connectivity index (χ1n) is 7.62. The molecule has 0 aliphatic carbocycles. The van der Waals surface area contributed by atoms with Gasteiger partial charge in [0, 0.05) is 25.2 Å². The summed E-state index contributed by atoms with van der Waals surface area (Å²) in [7, 11) is 0. The molecule has 6 nitrogen and oxygen atoms in total. The Bertz CT molecular complexity index is 559. The molecule has 7 heteroatoms. The van der Waals surface area contributed by atoms with Crippen LogP contribution in [0, 0.1) is 0 Å². The quantitative estimate of drug-likeness (QED) is 0.863. The lowest BCUT2D eigenvalue weighted by Crippen LogP contribution is -2.48. The first-order chi connectivity index (χ1) is 10.6. The van der Waals surface area contributed by atoms with Gasteiger partial charge >= 0.3 is 0 Å². The van der Waals surface area contributed by atoms with Gasteiger partial charge in [-0.1, -0.05) is 6.07 Å². The zero-order valence-electron chi connectivity index (χ0n) is 13.2. The molecule has 1 amide bonds. The highest BCUT2D eigenvalue weighted by atomic mass is 35.5. The molecule has 1 aromatic carbocycles. The molecule has 0 bridgehead atoms. The number of hydrogen-bond donors (Lipinski definition) is 2. The number of hydrogen-bond acceptors (Lipinski definition) is 5. The number of nitrogens with two attached hydrogens (primary N) is 1. The Morgan fingerprint density at radius 2 is 2.00 bits per heavy atom. The highest BCUT2D eigenvalue weighted by Crippen LogP contribution is 2.40. The molecule has 3 N–H and O–H groups in total. The third-order valence-electron chi connectivity index (χ3n) is 4.45. The number of fused-ring (bicyclic) bond motifs is 1. The molecule has 0 radical (unpaired) electrons. The highest BCUT2D eigenvalue weighted by Gasteiger charge is 2.36. The summed E-state index contributed by atoms with van der Waals surface area (Å²) in [6, 6.07) is 5.50. The fourth-order valence-electron chi connectivity index (χ4n) is 2.97. The van der Waals surface area contributed by atoms with E-state index >= 15 is 0 Å². The minimum atomic E-state index is -0.506. The Morgan fingerprint density at radius 3 is 2.70 bits per heavy atom. The Balaban J connectivity index is 0.00000192. The van der Waals surface area contributed by atoms with Crippen molar-refractivity contribution in [1.29, 1.82) is 0 Å². The highest BCUT2D eigenvalue weighted by molar-refractivity contribution is 5.85. The van der Waals surface area contributed by atoms with Crippen LogP contribution in [0.1, 0.15) is 25.3 Å². The van der Waals surface area contributed by atoms with E-state index in [9.17, 15) is 4.79 Å². The van der Waals surface area contributed by atoms with E-state index in [0.717, 1.165) is 29.9 Å². The summed E-state index contributed by atoms with van der Waals surface area (Å²) < 4.78 is 16.3. The lowest BCUT2D eigenvalue weighted by Gasteiger charge is -2.38. The maximum atomic E-state index is 11.8. The van der Waals surface area contributed by atoms with E-state index in [2.05, 4.69) is 11.4 Å². The molecule has 0 unspecified atom stereocenters. The van der Waals surface area contributed by atoms with Crippen molar-refractivity contribution in [1.82, 2.24) is 5.32 Å². The van der Waals surface area contributed by atoms with E-state index in [0.29, 0.717) is 19.8 Å². The van der Waals surface area contributed by atoms with Crippen molar-refractivity contribution in [2.75, 3.05) is 26.6 Å². The second kappa shape index (κ2) is 7.38. The van der Waals surface area contributed by atoms with Gasteiger partial charge in [0.2, 0.25) is 12.7 Å². The number of amides is 1. The summed E-state index contributed by atoms with van der Waals surface area (Å²) in [5.74, 6) is 1.40. The number of nitrogens with one attached hydrogen (secondary N) is 1.